The van der Waals surface area contributed by atoms with Crippen molar-refractivity contribution in [1.29, 1.82) is 0 Å². The molecule has 1 aromatic rings. The normalized spacial score (nSPS) is 20.2. The fraction of sp³-hybridized carbons (Fsp3) is 0.533. The first kappa shape index (κ1) is 14.0. The Hall–Kier alpha value is -1.39. The van der Waals surface area contributed by atoms with E-state index in [-0.39, 0.29) is 12.5 Å². The van der Waals surface area contributed by atoms with Crippen molar-refractivity contribution in [2.75, 3.05) is 25.0 Å². The number of piperidine rings is 1. The number of benzene rings is 1. The first-order chi connectivity index (χ1) is 9.17. The Morgan fingerprint density at radius 3 is 2.79 bits per heavy atom. The second-order valence-electron chi connectivity index (χ2n) is 5.43. The quantitative estimate of drug-likeness (QED) is 0.869. The maximum absolute atomic E-state index is 11.2. The van der Waals surface area contributed by atoms with Gasteiger partial charge in [-0.2, -0.15) is 0 Å². The molecule has 4 nitrogen and oxygen atoms in total. The molecule has 3 N–H and O–H groups in total. The Bertz CT molecular complexity index is 416. The van der Waals surface area contributed by atoms with E-state index in [1.54, 1.807) is 0 Å². The molecule has 4 heteroatoms. The van der Waals surface area contributed by atoms with Crippen LogP contribution in [0.1, 0.15) is 25.3 Å². The van der Waals surface area contributed by atoms with Crippen LogP contribution in [0.3, 0.4) is 0 Å². The first-order valence-corrected chi connectivity index (χ1v) is 6.98. The molecule has 0 bridgehead atoms. The van der Waals surface area contributed by atoms with E-state index in [0.717, 1.165) is 18.2 Å². The van der Waals surface area contributed by atoms with E-state index in [0.29, 0.717) is 0 Å². The summed E-state index contributed by atoms with van der Waals surface area (Å²) in [6, 6.07) is 8.03. The highest BCUT2D eigenvalue weighted by molar-refractivity contribution is 5.92. The minimum Gasteiger partial charge on any atom is -0.325 e. The molecule has 1 aliphatic rings. The number of amides is 1. The molecule has 0 spiro atoms. The summed E-state index contributed by atoms with van der Waals surface area (Å²) >= 11 is 0. The van der Waals surface area contributed by atoms with E-state index in [4.69, 9.17) is 5.73 Å². The van der Waals surface area contributed by atoms with E-state index < -0.39 is 0 Å². The molecule has 19 heavy (non-hydrogen) atoms. The SMILES string of the molecule is CC1CCCN(Cc2ccc(NC(=O)CN)cc2)C1. The van der Waals surface area contributed by atoms with Crippen molar-refractivity contribution in [3.05, 3.63) is 29.8 Å². The molecule has 1 amide bonds. The third-order valence-electron chi connectivity index (χ3n) is 3.57. The van der Waals surface area contributed by atoms with Crippen molar-refractivity contribution in [2.24, 2.45) is 11.7 Å². The molecule has 1 fully saturated rings. The number of carbonyl (C=O) groups excluding carboxylic acids is 1. The Labute approximate surface area is 115 Å². The van der Waals surface area contributed by atoms with Crippen molar-refractivity contribution >= 4 is 11.6 Å². The van der Waals surface area contributed by atoms with Gasteiger partial charge in [-0.05, 0) is 43.0 Å². The van der Waals surface area contributed by atoms with Crippen LogP contribution in [0, 0.1) is 5.92 Å². The fourth-order valence-corrected chi connectivity index (χ4v) is 2.59. The maximum atomic E-state index is 11.2. The van der Waals surface area contributed by atoms with Gasteiger partial charge in [0.1, 0.15) is 0 Å². The third kappa shape index (κ3) is 4.33. The largest absolute Gasteiger partial charge is 0.325 e. The molecule has 0 aromatic heterocycles. The number of likely N-dealkylation sites (tertiary alicyclic amines) is 1. The van der Waals surface area contributed by atoms with Crippen molar-refractivity contribution in [3.63, 3.8) is 0 Å². The first-order valence-electron chi connectivity index (χ1n) is 6.98. The van der Waals surface area contributed by atoms with Gasteiger partial charge in [0, 0.05) is 18.8 Å². The van der Waals surface area contributed by atoms with Crippen molar-refractivity contribution in [2.45, 2.75) is 26.3 Å². The van der Waals surface area contributed by atoms with Crippen LogP contribution in [-0.2, 0) is 11.3 Å². The molecule has 104 valence electrons. The Kier molecular flexibility index (Phi) is 4.93. The molecular weight excluding hydrogens is 238 g/mol. The lowest BCUT2D eigenvalue weighted by Gasteiger charge is -2.30. The van der Waals surface area contributed by atoms with Crippen LogP contribution >= 0.6 is 0 Å². The minimum atomic E-state index is -0.155. The van der Waals surface area contributed by atoms with Crippen LogP contribution in [0.2, 0.25) is 0 Å². The van der Waals surface area contributed by atoms with Crippen LogP contribution in [0.5, 0.6) is 0 Å². The van der Waals surface area contributed by atoms with Gasteiger partial charge in [-0.25, -0.2) is 0 Å². The van der Waals surface area contributed by atoms with E-state index in [9.17, 15) is 4.79 Å². The highest BCUT2D eigenvalue weighted by Gasteiger charge is 2.16. The van der Waals surface area contributed by atoms with Crippen LogP contribution < -0.4 is 11.1 Å². The number of anilines is 1. The standard InChI is InChI=1S/C15H23N3O/c1-12-3-2-8-18(10-12)11-13-4-6-14(7-5-13)17-15(19)9-16/h4-7,12H,2-3,8-11,16H2,1H3,(H,17,19). The Morgan fingerprint density at radius 2 is 2.16 bits per heavy atom. The summed E-state index contributed by atoms with van der Waals surface area (Å²) in [5, 5.41) is 2.75. The second-order valence-corrected chi connectivity index (χ2v) is 5.43. The minimum absolute atomic E-state index is 0.0212. The smallest absolute Gasteiger partial charge is 0.238 e. The van der Waals surface area contributed by atoms with Gasteiger partial charge in [0.15, 0.2) is 0 Å². The van der Waals surface area contributed by atoms with Crippen molar-refractivity contribution < 1.29 is 4.79 Å². The number of nitrogens with one attached hydrogen (secondary N) is 1. The van der Waals surface area contributed by atoms with Crippen LogP contribution in [0.25, 0.3) is 0 Å². The number of rotatable bonds is 4. The zero-order chi connectivity index (χ0) is 13.7. The summed E-state index contributed by atoms with van der Waals surface area (Å²) in [6.07, 6.45) is 2.65. The summed E-state index contributed by atoms with van der Waals surface area (Å²) in [5.41, 5.74) is 7.37. The molecule has 1 aliphatic heterocycles. The van der Waals surface area contributed by atoms with E-state index >= 15 is 0 Å². The highest BCUT2D eigenvalue weighted by atomic mass is 16.1. The molecule has 1 heterocycles. The average Bonchev–Trinajstić information content (AvgIpc) is 2.41. The summed E-state index contributed by atoms with van der Waals surface area (Å²) in [5.74, 6) is 0.648. The zero-order valence-electron chi connectivity index (χ0n) is 11.6. The number of hydrogen-bond donors (Lipinski definition) is 2. The summed E-state index contributed by atoms with van der Waals surface area (Å²) < 4.78 is 0. The zero-order valence-corrected chi connectivity index (χ0v) is 11.6. The van der Waals surface area contributed by atoms with Gasteiger partial charge >= 0.3 is 0 Å². The van der Waals surface area contributed by atoms with E-state index in [1.807, 2.05) is 12.1 Å². The van der Waals surface area contributed by atoms with E-state index in [1.165, 1.54) is 31.5 Å². The molecule has 1 saturated heterocycles. The number of carbonyl (C=O) groups is 1. The Balaban J connectivity index is 1.89. The van der Waals surface area contributed by atoms with Gasteiger partial charge in [-0.15, -0.1) is 0 Å². The second kappa shape index (κ2) is 6.68. The summed E-state index contributed by atoms with van der Waals surface area (Å²) in [6.45, 7) is 5.71. The molecule has 0 radical (unpaired) electrons. The lowest BCUT2D eigenvalue weighted by molar-refractivity contribution is -0.114. The number of nitrogens with zero attached hydrogens (tertiary/aromatic N) is 1. The van der Waals surface area contributed by atoms with Crippen LogP contribution in [-0.4, -0.2) is 30.4 Å². The van der Waals surface area contributed by atoms with Gasteiger partial charge in [0.05, 0.1) is 6.54 Å². The predicted molar refractivity (Wildman–Crippen MR) is 77.8 cm³/mol. The average molecular weight is 261 g/mol. The summed E-state index contributed by atoms with van der Waals surface area (Å²) in [7, 11) is 0. The van der Waals surface area contributed by atoms with Crippen LogP contribution in [0.15, 0.2) is 24.3 Å². The molecular formula is C15H23N3O. The third-order valence-corrected chi connectivity index (χ3v) is 3.57. The lowest BCUT2D eigenvalue weighted by Crippen LogP contribution is -2.33. The molecule has 1 aromatic carbocycles. The van der Waals surface area contributed by atoms with Crippen molar-refractivity contribution in [1.82, 2.24) is 4.90 Å². The van der Waals surface area contributed by atoms with Gasteiger partial charge < -0.3 is 11.1 Å². The van der Waals surface area contributed by atoms with Gasteiger partial charge in [0.25, 0.3) is 0 Å². The van der Waals surface area contributed by atoms with Crippen molar-refractivity contribution in [3.8, 4) is 0 Å². The van der Waals surface area contributed by atoms with E-state index in [2.05, 4.69) is 29.3 Å². The maximum Gasteiger partial charge on any atom is 0.238 e. The molecule has 0 saturated carbocycles. The Morgan fingerprint density at radius 1 is 1.42 bits per heavy atom. The van der Waals surface area contributed by atoms with Gasteiger partial charge in [-0.1, -0.05) is 19.1 Å². The lowest BCUT2D eigenvalue weighted by atomic mass is 10.00. The molecule has 2 rings (SSSR count). The molecule has 0 aliphatic carbocycles. The van der Waals surface area contributed by atoms with Gasteiger partial charge in [0.2, 0.25) is 5.91 Å². The van der Waals surface area contributed by atoms with Crippen LogP contribution in [0.4, 0.5) is 5.69 Å². The fourth-order valence-electron chi connectivity index (χ4n) is 2.59. The highest BCUT2D eigenvalue weighted by Crippen LogP contribution is 2.18. The predicted octanol–water partition coefficient (Wildman–Crippen LogP) is 1.82. The summed E-state index contributed by atoms with van der Waals surface area (Å²) in [4.78, 5) is 13.7. The monoisotopic (exact) mass is 261 g/mol. The van der Waals surface area contributed by atoms with Gasteiger partial charge in [-0.3, -0.25) is 9.69 Å². The molecule has 1 atom stereocenters. The molecule has 1 unspecified atom stereocenters. The number of nitrogens with two attached hydrogens (primary N) is 1. The topological polar surface area (TPSA) is 58.4 Å². The number of hydrogen-bond acceptors (Lipinski definition) is 3.